The molecule has 0 aliphatic rings. The van der Waals surface area contributed by atoms with Crippen LogP contribution in [0.25, 0.3) is 10.8 Å². The number of anilines is 5. The highest BCUT2D eigenvalue weighted by Crippen LogP contribution is 2.41. The Labute approximate surface area is 315 Å². The largest absolute Gasteiger partial charge is 0.507 e. The summed E-state index contributed by atoms with van der Waals surface area (Å²) in [5, 5.41) is 32.5. The highest BCUT2D eigenvalue weighted by Gasteiger charge is 2.22. The number of hydrogen-bond donors (Lipinski definition) is 6. The van der Waals surface area contributed by atoms with Crippen LogP contribution in [0, 0.1) is 6.08 Å². The van der Waals surface area contributed by atoms with Crippen molar-refractivity contribution in [3.05, 3.63) is 78.9 Å². The minimum Gasteiger partial charge on any atom is -0.507 e. The van der Waals surface area contributed by atoms with Crippen molar-refractivity contribution in [2.24, 2.45) is 10.2 Å². The van der Waals surface area contributed by atoms with E-state index in [1.807, 2.05) is 0 Å². The number of azo groups is 1. The molecule has 0 atom stereocenters. The number of aromatic hydroxyl groups is 1. The van der Waals surface area contributed by atoms with E-state index in [2.05, 4.69) is 39.9 Å². The van der Waals surface area contributed by atoms with Gasteiger partial charge in [0.25, 0.3) is 20.2 Å². The Morgan fingerprint density at radius 1 is 0.891 bits per heavy atom. The van der Waals surface area contributed by atoms with Crippen LogP contribution in [0.15, 0.2) is 92.8 Å². The number of rotatable bonds is 17. The molecule has 5 aromatic rings. The molecule has 1 aromatic heterocycles. The third kappa shape index (κ3) is 10.7. The number of nitrogen functional groups attached to an aromatic ring is 1. The molecule has 0 spiro atoms. The van der Waals surface area contributed by atoms with Crippen molar-refractivity contribution in [3.63, 3.8) is 0 Å². The molecule has 0 amide bonds. The monoisotopic (exact) mass is 842 g/mol. The van der Waals surface area contributed by atoms with E-state index >= 15 is 0 Å². The van der Waals surface area contributed by atoms with Crippen LogP contribution in [0.5, 0.6) is 5.75 Å². The number of halogens is 1. The lowest BCUT2D eigenvalue weighted by Crippen LogP contribution is -2.29. The molecule has 0 aliphatic heterocycles. The van der Waals surface area contributed by atoms with E-state index in [1.165, 1.54) is 23.1 Å². The standard InChI is InChI=1S/C29H27FN8O13S4/c30-27-33-28(35-29(34-27)38(19-4-2-1-3-5-19)10-12-53(41,42)13-11-49-52-51-50-40)32-18-7-9-22(24(15-18)55(46,47)48)36-37-26-21(31)8-6-17-14-20(54(43,44)45)16-23(39)25(17)26/h1-9,14-16,39-40H,10-13,31H2,(H,43,44,45)(H,46,47,48)(H,32,33,34,35). The van der Waals surface area contributed by atoms with Crippen LogP contribution in [0.1, 0.15) is 0 Å². The SMILES string of the molecule is Nc1ccc2cc(S(=O)(=O)O)cc(O)c2c1N=Nc1ccc(Nc2nc(F)nc(N(CCS(=O)(=O)CCOSOOO)c3ccccc3)n2)cc1S(=O)(=O)O. The van der Waals surface area contributed by atoms with Crippen molar-refractivity contribution < 1.29 is 62.7 Å². The molecular formula is C29H27FN8O13S4. The van der Waals surface area contributed by atoms with Crippen LogP contribution in [0.2, 0.25) is 0 Å². The van der Waals surface area contributed by atoms with Gasteiger partial charge < -0.3 is 21.1 Å². The molecule has 4 aromatic carbocycles. The van der Waals surface area contributed by atoms with Crippen LogP contribution >= 0.6 is 12.3 Å². The smallest absolute Gasteiger partial charge is 0.315 e. The normalized spacial score (nSPS) is 12.4. The van der Waals surface area contributed by atoms with Crippen molar-refractivity contribution in [1.82, 2.24) is 15.0 Å². The van der Waals surface area contributed by atoms with Gasteiger partial charge in [-0.3, -0.25) is 13.3 Å². The minimum atomic E-state index is -5.03. The Morgan fingerprint density at radius 3 is 2.33 bits per heavy atom. The molecule has 0 aliphatic carbocycles. The molecule has 55 heavy (non-hydrogen) atoms. The number of sulfone groups is 1. The van der Waals surface area contributed by atoms with Gasteiger partial charge in [0.1, 0.15) is 22.0 Å². The second-order valence-electron chi connectivity index (χ2n) is 10.9. The van der Waals surface area contributed by atoms with E-state index in [-0.39, 0.29) is 59.3 Å². The number of nitrogens with two attached hydrogens (primary N) is 1. The number of benzene rings is 4. The van der Waals surface area contributed by atoms with Crippen molar-refractivity contribution in [1.29, 1.82) is 0 Å². The number of fused-ring (bicyclic) bond motifs is 1. The van der Waals surface area contributed by atoms with E-state index in [4.69, 9.17) is 15.2 Å². The first-order valence-electron chi connectivity index (χ1n) is 15.0. The Hall–Kier alpha value is -5.16. The molecule has 5 rings (SSSR count). The first kappa shape index (κ1) is 41.0. The fourth-order valence-corrected chi connectivity index (χ4v) is 7.32. The number of para-hydroxylation sites is 1. The molecule has 7 N–H and O–H groups in total. The average Bonchev–Trinajstić information content (AvgIpc) is 3.11. The van der Waals surface area contributed by atoms with Crippen LogP contribution in [-0.2, 0) is 43.6 Å². The summed E-state index contributed by atoms with van der Waals surface area (Å²) in [5.74, 6) is -2.38. The molecule has 0 bridgehead atoms. The zero-order valence-electron chi connectivity index (χ0n) is 27.5. The number of nitrogens with zero attached hydrogens (tertiary/aromatic N) is 6. The van der Waals surface area contributed by atoms with Gasteiger partial charge >= 0.3 is 6.08 Å². The Morgan fingerprint density at radius 2 is 1.64 bits per heavy atom. The predicted octanol–water partition coefficient (Wildman–Crippen LogP) is 4.66. The third-order valence-electron chi connectivity index (χ3n) is 7.24. The van der Waals surface area contributed by atoms with Crippen molar-refractivity contribution in [3.8, 4) is 5.75 Å². The number of hydrogen-bond acceptors (Lipinski definition) is 20. The quantitative estimate of drug-likeness (QED) is 0.0141. The van der Waals surface area contributed by atoms with Crippen LogP contribution in [0.4, 0.5) is 44.7 Å². The van der Waals surface area contributed by atoms with E-state index < -0.39 is 74.8 Å². The molecule has 0 fully saturated rings. The molecule has 26 heteroatoms. The van der Waals surface area contributed by atoms with Crippen molar-refractivity contribution in [2.45, 2.75) is 9.79 Å². The van der Waals surface area contributed by atoms with E-state index in [0.717, 1.165) is 24.3 Å². The molecule has 21 nitrogen and oxygen atoms in total. The summed E-state index contributed by atoms with van der Waals surface area (Å²) in [6, 6.07) is 15.8. The Kier molecular flexibility index (Phi) is 12.8. The molecule has 0 saturated heterocycles. The second kappa shape index (κ2) is 17.1. The number of aromatic nitrogens is 3. The molecule has 0 unspecified atom stereocenters. The summed E-state index contributed by atoms with van der Waals surface area (Å²) in [4.78, 5) is 11.4. The lowest BCUT2D eigenvalue weighted by Gasteiger charge is -2.23. The zero-order chi connectivity index (χ0) is 40.0. The van der Waals surface area contributed by atoms with Crippen LogP contribution in [-0.4, -0.2) is 84.3 Å². The number of nitrogens with one attached hydrogen (secondary N) is 1. The van der Waals surface area contributed by atoms with Gasteiger partial charge in [0.05, 0.1) is 34.1 Å². The second-order valence-corrected chi connectivity index (χ2v) is 16.5. The first-order valence-corrected chi connectivity index (χ1v) is 20.4. The molecule has 0 radical (unpaired) electrons. The summed E-state index contributed by atoms with van der Waals surface area (Å²) in [7, 11) is -13.5. The fraction of sp³-hybridized carbons (Fsp3) is 0.138. The summed E-state index contributed by atoms with van der Waals surface area (Å²) in [6.07, 6.45) is -1.30. The lowest BCUT2D eigenvalue weighted by atomic mass is 10.1. The van der Waals surface area contributed by atoms with Crippen molar-refractivity contribution >= 4 is 93.5 Å². The van der Waals surface area contributed by atoms with Crippen LogP contribution < -0.4 is 16.0 Å². The molecule has 0 saturated carbocycles. The lowest BCUT2D eigenvalue weighted by molar-refractivity contribution is -0.434. The van der Waals surface area contributed by atoms with E-state index in [0.29, 0.717) is 5.69 Å². The van der Waals surface area contributed by atoms with E-state index in [9.17, 15) is 43.9 Å². The third-order valence-corrected chi connectivity index (χ3v) is 10.9. The summed E-state index contributed by atoms with van der Waals surface area (Å²) < 4.78 is 117. The summed E-state index contributed by atoms with van der Waals surface area (Å²) in [5.41, 5.74) is 5.57. The van der Waals surface area contributed by atoms with Gasteiger partial charge in [-0.2, -0.15) is 36.2 Å². The van der Waals surface area contributed by atoms with Crippen molar-refractivity contribution in [2.75, 3.05) is 40.6 Å². The zero-order valence-corrected chi connectivity index (χ0v) is 30.8. The Bertz CT molecular complexity index is 2570. The average molecular weight is 843 g/mol. The van der Waals surface area contributed by atoms with Gasteiger partial charge in [-0.15, -0.1) is 14.6 Å². The summed E-state index contributed by atoms with van der Waals surface area (Å²) >= 11 is 0.208. The van der Waals surface area contributed by atoms with Crippen LogP contribution in [0.3, 0.4) is 0 Å². The highest BCUT2D eigenvalue weighted by atomic mass is 32.2. The number of phenolic OH excluding ortho intramolecular Hbond substituents is 1. The van der Waals surface area contributed by atoms with E-state index in [1.54, 1.807) is 30.3 Å². The molecular weight excluding hydrogens is 816 g/mol. The van der Waals surface area contributed by atoms with Gasteiger partial charge in [-0.05, 0) is 47.9 Å². The Balaban J connectivity index is 1.44. The number of phenols is 1. The maximum atomic E-state index is 14.9. The van der Waals surface area contributed by atoms with Gasteiger partial charge in [0, 0.05) is 24.0 Å². The maximum absolute atomic E-state index is 14.9. The highest BCUT2D eigenvalue weighted by molar-refractivity contribution is 7.91. The fourth-order valence-electron chi connectivity index (χ4n) is 4.81. The van der Waals surface area contributed by atoms with Gasteiger partial charge in [0.2, 0.25) is 11.9 Å². The summed E-state index contributed by atoms with van der Waals surface area (Å²) in [6.45, 7) is -0.602. The molecule has 1 heterocycles. The van der Waals surface area contributed by atoms with Gasteiger partial charge in [0.15, 0.2) is 22.2 Å². The first-order chi connectivity index (χ1) is 25.9. The predicted molar refractivity (Wildman–Crippen MR) is 194 cm³/mol. The maximum Gasteiger partial charge on any atom is 0.315 e. The van der Waals surface area contributed by atoms with Gasteiger partial charge in [-0.25, -0.2) is 13.7 Å². The molecule has 292 valence electrons. The minimum absolute atomic E-state index is 0.0688. The topological polar surface area (TPSA) is 316 Å². The van der Waals surface area contributed by atoms with Gasteiger partial charge in [-0.1, -0.05) is 29.3 Å².